The summed E-state index contributed by atoms with van der Waals surface area (Å²) in [6.07, 6.45) is 1.39. The van der Waals surface area contributed by atoms with Crippen LogP contribution in [0, 0.1) is 11.3 Å². The van der Waals surface area contributed by atoms with E-state index in [4.69, 9.17) is 5.26 Å². The van der Waals surface area contributed by atoms with Crippen LogP contribution in [0.25, 0.3) is 0 Å². The number of nitrogens with zero attached hydrogens (tertiary/aromatic N) is 4. The molecule has 0 radical (unpaired) electrons. The van der Waals surface area contributed by atoms with Gasteiger partial charge in [0.05, 0.1) is 42.6 Å². The number of hydrogen-bond acceptors (Lipinski definition) is 5. The van der Waals surface area contributed by atoms with Crippen molar-refractivity contribution in [3.8, 4) is 6.07 Å². The van der Waals surface area contributed by atoms with Crippen molar-refractivity contribution in [1.82, 2.24) is 9.78 Å². The molecule has 1 atom stereocenters. The number of rotatable bonds is 4. The van der Waals surface area contributed by atoms with Gasteiger partial charge >= 0.3 is 0 Å². The largest absolute Gasteiger partial charge is 0.392 e. The molecule has 2 amide bonds. The van der Waals surface area contributed by atoms with Crippen molar-refractivity contribution in [3.63, 3.8) is 0 Å². The van der Waals surface area contributed by atoms with Crippen molar-refractivity contribution in [2.24, 2.45) is 0 Å². The second-order valence-electron chi connectivity index (χ2n) is 7.08. The molecule has 0 bridgehead atoms. The van der Waals surface area contributed by atoms with Crippen LogP contribution in [0.3, 0.4) is 0 Å². The molecule has 150 valence electrons. The van der Waals surface area contributed by atoms with Gasteiger partial charge < -0.3 is 15.3 Å². The Kier molecular flexibility index (Phi) is 5.04. The highest BCUT2D eigenvalue weighted by Gasteiger charge is 2.35. The standard InChI is InChI=1S/C22H19N5O3/c1-14-12-26-20(22(30)27(14)18-7-5-15(13-28)6-8-18)19(11-24-26)21(29)25-17-4-2-3-16(9-17)10-23/h2-9,11,14,28H,12-13H2,1H3,(H,25,29)/t14-/m0/s1. The van der Waals surface area contributed by atoms with E-state index >= 15 is 0 Å². The fraction of sp³-hybridized carbons (Fsp3) is 0.182. The molecule has 8 nitrogen and oxygen atoms in total. The van der Waals surface area contributed by atoms with E-state index in [-0.39, 0.29) is 29.8 Å². The highest BCUT2D eigenvalue weighted by Crippen LogP contribution is 2.27. The smallest absolute Gasteiger partial charge is 0.277 e. The summed E-state index contributed by atoms with van der Waals surface area (Å²) < 4.78 is 1.55. The minimum absolute atomic E-state index is 0.0755. The van der Waals surface area contributed by atoms with Gasteiger partial charge in [0.15, 0.2) is 0 Å². The molecule has 8 heteroatoms. The fourth-order valence-corrected chi connectivity index (χ4v) is 3.56. The highest BCUT2D eigenvalue weighted by atomic mass is 16.3. The Bertz CT molecular complexity index is 1160. The summed E-state index contributed by atoms with van der Waals surface area (Å²) in [7, 11) is 0. The van der Waals surface area contributed by atoms with Crippen LogP contribution in [-0.2, 0) is 13.2 Å². The first kappa shape index (κ1) is 19.4. The van der Waals surface area contributed by atoms with Gasteiger partial charge in [0, 0.05) is 11.4 Å². The van der Waals surface area contributed by atoms with Crippen LogP contribution in [0.1, 0.15) is 38.9 Å². The van der Waals surface area contributed by atoms with Crippen molar-refractivity contribution in [1.29, 1.82) is 5.26 Å². The van der Waals surface area contributed by atoms with Crippen LogP contribution in [0.2, 0.25) is 0 Å². The van der Waals surface area contributed by atoms with E-state index in [0.29, 0.717) is 23.5 Å². The van der Waals surface area contributed by atoms with Gasteiger partial charge in [-0.1, -0.05) is 18.2 Å². The summed E-state index contributed by atoms with van der Waals surface area (Å²) in [5.41, 5.74) is 2.71. The van der Waals surface area contributed by atoms with E-state index < -0.39 is 5.91 Å². The van der Waals surface area contributed by atoms with Crippen molar-refractivity contribution >= 4 is 23.2 Å². The minimum atomic E-state index is -0.468. The number of aromatic nitrogens is 2. The molecule has 0 saturated heterocycles. The topological polar surface area (TPSA) is 111 Å². The number of aliphatic hydroxyl groups excluding tert-OH is 1. The van der Waals surface area contributed by atoms with E-state index in [9.17, 15) is 14.7 Å². The summed E-state index contributed by atoms with van der Waals surface area (Å²) in [6, 6.07) is 15.5. The number of aliphatic hydroxyl groups is 1. The molecule has 0 aliphatic carbocycles. The molecule has 2 N–H and O–H groups in total. The Morgan fingerprint density at radius 3 is 2.77 bits per heavy atom. The average Bonchev–Trinajstić information content (AvgIpc) is 3.18. The number of anilines is 2. The number of hydrogen-bond donors (Lipinski definition) is 2. The van der Waals surface area contributed by atoms with Crippen molar-refractivity contribution in [2.75, 3.05) is 10.2 Å². The Balaban J connectivity index is 1.65. The molecule has 0 unspecified atom stereocenters. The lowest BCUT2D eigenvalue weighted by atomic mass is 10.1. The monoisotopic (exact) mass is 401 g/mol. The van der Waals surface area contributed by atoms with E-state index in [2.05, 4.69) is 10.4 Å². The highest BCUT2D eigenvalue weighted by molar-refractivity contribution is 6.15. The lowest BCUT2D eigenvalue weighted by Gasteiger charge is -2.34. The van der Waals surface area contributed by atoms with Crippen molar-refractivity contribution in [3.05, 3.63) is 77.1 Å². The molecule has 1 aliphatic heterocycles. The normalized spacial score (nSPS) is 15.4. The van der Waals surface area contributed by atoms with Gasteiger partial charge in [-0.25, -0.2) is 0 Å². The molecule has 0 saturated carbocycles. The minimum Gasteiger partial charge on any atom is -0.392 e. The number of amides is 2. The molecule has 3 aromatic rings. The molecular weight excluding hydrogens is 382 g/mol. The van der Waals surface area contributed by atoms with Gasteiger partial charge in [-0.2, -0.15) is 10.4 Å². The first-order chi connectivity index (χ1) is 14.5. The summed E-state index contributed by atoms with van der Waals surface area (Å²) in [5, 5.41) is 25.2. The van der Waals surface area contributed by atoms with Crippen LogP contribution in [0.4, 0.5) is 11.4 Å². The van der Waals surface area contributed by atoms with E-state index in [0.717, 1.165) is 5.56 Å². The van der Waals surface area contributed by atoms with Gasteiger partial charge in [-0.3, -0.25) is 14.3 Å². The van der Waals surface area contributed by atoms with Gasteiger partial charge in [0.2, 0.25) is 0 Å². The molecule has 30 heavy (non-hydrogen) atoms. The Morgan fingerprint density at radius 1 is 1.30 bits per heavy atom. The number of benzene rings is 2. The second-order valence-corrected chi connectivity index (χ2v) is 7.08. The van der Waals surface area contributed by atoms with Crippen LogP contribution in [0.15, 0.2) is 54.7 Å². The first-order valence-corrected chi connectivity index (χ1v) is 9.42. The van der Waals surface area contributed by atoms with Gasteiger partial charge in [-0.05, 0) is 42.8 Å². The molecule has 4 rings (SSSR count). The number of fused-ring (bicyclic) bond motifs is 1. The van der Waals surface area contributed by atoms with Gasteiger partial charge in [0.1, 0.15) is 5.69 Å². The van der Waals surface area contributed by atoms with E-state index in [1.807, 2.05) is 13.0 Å². The number of nitriles is 1. The van der Waals surface area contributed by atoms with E-state index in [1.54, 1.807) is 58.1 Å². The average molecular weight is 401 g/mol. The Hall–Kier alpha value is -3.96. The van der Waals surface area contributed by atoms with E-state index in [1.165, 1.54) is 6.20 Å². The zero-order valence-electron chi connectivity index (χ0n) is 16.2. The van der Waals surface area contributed by atoms with Crippen molar-refractivity contribution in [2.45, 2.75) is 26.1 Å². The van der Waals surface area contributed by atoms with Crippen LogP contribution in [0.5, 0.6) is 0 Å². The maximum absolute atomic E-state index is 13.3. The number of carbonyl (C=O) groups is 2. The van der Waals surface area contributed by atoms with Crippen LogP contribution < -0.4 is 10.2 Å². The third kappa shape index (κ3) is 3.43. The molecule has 1 aromatic heterocycles. The first-order valence-electron chi connectivity index (χ1n) is 9.42. The SMILES string of the molecule is C[C@H]1Cn2ncc(C(=O)Nc3cccc(C#N)c3)c2C(=O)N1c1ccc(CO)cc1. The van der Waals surface area contributed by atoms with Gasteiger partial charge in [0.25, 0.3) is 11.8 Å². The lowest BCUT2D eigenvalue weighted by Crippen LogP contribution is -2.47. The third-order valence-corrected chi connectivity index (χ3v) is 5.03. The number of carbonyl (C=O) groups excluding carboxylic acids is 2. The fourth-order valence-electron chi connectivity index (χ4n) is 3.56. The number of nitrogens with one attached hydrogen (secondary N) is 1. The zero-order chi connectivity index (χ0) is 21.3. The van der Waals surface area contributed by atoms with Gasteiger partial charge in [-0.15, -0.1) is 0 Å². The molecule has 2 heterocycles. The maximum Gasteiger partial charge on any atom is 0.277 e. The Labute approximate surface area is 173 Å². The third-order valence-electron chi connectivity index (χ3n) is 5.03. The summed E-state index contributed by atoms with van der Waals surface area (Å²) in [5.74, 6) is -0.788. The summed E-state index contributed by atoms with van der Waals surface area (Å²) in [4.78, 5) is 27.8. The molecule has 2 aromatic carbocycles. The Morgan fingerprint density at radius 2 is 2.07 bits per heavy atom. The molecule has 0 fully saturated rings. The summed E-state index contributed by atoms with van der Waals surface area (Å²) >= 11 is 0. The molecule has 1 aliphatic rings. The second kappa shape index (κ2) is 7.81. The predicted octanol–water partition coefficient (Wildman–Crippen LogP) is 2.55. The zero-order valence-corrected chi connectivity index (χ0v) is 16.2. The lowest BCUT2D eigenvalue weighted by molar-refractivity contribution is 0.0933. The maximum atomic E-state index is 13.3. The molecule has 0 spiro atoms. The summed E-state index contributed by atoms with van der Waals surface area (Å²) in [6.45, 7) is 2.28. The van der Waals surface area contributed by atoms with Crippen LogP contribution >= 0.6 is 0 Å². The van der Waals surface area contributed by atoms with Crippen LogP contribution in [-0.4, -0.2) is 32.7 Å². The molecular formula is C22H19N5O3. The quantitative estimate of drug-likeness (QED) is 0.698. The predicted molar refractivity (Wildman–Crippen MR) is 110 cm³/mol. The van der Waals surface area contributed by atoms with Crippen molar-refractivity contribution < 1.29 is 14.7 Å².